The third kappa shape index (κ3) is 3.24. The highest BCUT2D eigenvalue weighted by atomic mass is 16.6. The molecule has 1 aliphatic heterocycles. The third-order valence-corrected chi connectivity index (χ3v) is 15.5. The van der Waals surface area contributed by atoms with Gasteiger partial charge in [-0.15, -0.1) is 0 Å². The molecule has 0 aromatic carbocycles. The van der Waals surface area contributed by atoms with Crippen LogP contribution in [-0.2, 0) is 14.3 Å². The summed E-state index contributed by atoms with van der Waals surface area (Å²) in [6.45, 7) is 16.3. The van der Waals surface area contributed by atoms with Crippen LogP contribution in [0, 0.1) is 62.6 Å². The quantitative estimate of drug-likeness (QED) is 0.385. The van der Waals surface area contributed by atoms with Gasteiger partial charge in [0.25, 0.3) is 0 Å². The molecule has 0 bridgehead atoms. The fraction of sp³-hybridized carbons (Fsp3) is 0.971. The standard InChI is InChI=1S/C35H56O5/c1-19(2)27(40-30(38)21-9-8-10-21)22-17-20(3)26-28(39-22)29(37)33(7)24-12-11-23-31(4,5)25(36)13-14-34(23)18-35(24,34)16-15-32(26,33)6/h19-29,36-37H,8-18H2,1-7H3/t20-,22?,23+,24+,25?,26+,27-,28?,29+,32-,33-,34-,35+/m1/s1. The van der Waals surface area contributed by atoms with Gasteiger partial charge in [-0.2, -0.15) is 0 Å². The van der Waals surface area contributed by atoms with Gasteiger partial charge < -0.3 is 19.7 Å². The van der Waals surface area contributed by atoms with Gasteiger partial charge in [-0.3, -0.25) is 4.79 Å². The zero-order chi connectivity index (χ0) is 28.6. The van der Waals surface area contributed by atoms with Crippen LogP contribution in [0.2, 0.25) is 0 Å². The van der Waals surface area contributed by atoms with Crippen molar-refractivity contribution >= 4 is 5.97 Å². The molecule has 0 aromatic heterocycles. The molecular weight excluding hydrogens is 500 g/mol. The third-order valence-electron chi connectivity index (χ3n) is 15.5. The van der Waals surface area contributed by atoms with Crippen LogP contribution in [-0.4, -0.2) is 46.7 Å². The average Bonchev–Trinajstić information content (AvgIpc) is 3.48. The molecule has 2 N–H and O–H groups in total. The molecule has 6 saturated carbocycles. The van der Waals surface area contributed by atoms with Gasteiger partial charge in [0.2, 0.25) is 0 Å². The molecule has 7 fully saturated rings. The highest BCUT2D eigenvalue weighted by molar-refractivity contribution is 5.73. The number of ether oxygens (including phenoxy) is 2. The second-order valence-corrected chi connectivity index (χ2v) is 17.3. The maximum atomic E-state index is 12.9. The van der Waals surface area contributed by atoms with Gasteiger partial charge in [0.1, 0.15) is 6.10 Å². The summed E-state index contributed by atoms with van der Waals surface area (Å²) in [5.41, 5.74) is 0.494. The number of carbonyl (C=O) groups excluding carboxylic acids is 1. The molecular formula is C35H56O5. The van der Waals surface area contributed by atoms with Crippen molar-refractivity contribution in [3.05, 3.63) is 0 Å². The van der Waals surface area contributed by atoms with Crippen LogP contribution in [0.1, 0.15) is 119 Å². The Morgan fingerprint density at radius 1 is 0.925 bits per heavy atom. The van der Waals surface area contributed by atoms with Crippen molar-refractivity contribution in [1.82, 2.24) is 0 Å². The van der Waals surface area contributed by atoms with Crippen molar-refractivity contribution in [2.24, 2.45) is 62.6 Å². The van der Waals surface area contributed by atoms with Crippen molar-refractivity contribution in [3.8, 4) is 0 Å². The maximum Gasteiger partial charge on any atom is 0.309 e. The van der Waals surface area contributed by atoms with E-state index in [1.807, 2.05) is 0 Å². The Morgan fingerprint density at radius 3 is 2.25 bits per heavy atom. The number of hydrogen-bond acceptors (Lipinski definition) is 5. The van der Waals surface area contributed by atoms with E-state index >= 15 is 0 Å². The fourth-order valence-corrected chi connectivity index (χ4v) is 13.1. The van der Waals surface area contributed by atoms with E-state index in [0.717, 1.165) is 44.9 Å². The number of aliphatic hydroxyl groups is 2. The van der Waals surface area contributed by atoms with E-state index in [1.165, 1.54) is 25.7 Å². The molecule has 3 unspecified atom stereocenters. The van der Waals surface area contributed by atoms with Gasteiger partial charge in [0.05, 0.1) is 30.3 Å². The van der Waals surface area contributed by atoms with E-state index in [2.05, 4.69) is 48.5 Å². The predicted molar refractivity (Wildman–Crippen MR) is 154 cm³/mol. The Kier molecular flexibility index (Phi) is 6.13. The summed E-state index contributed by atoms with van der Waals surface area (Å²) in [6.07, 6.45) is 10.8. The van der Waals surface area contributed by atoms with E-state index in [1.54, 1.807) is 0 Å². The molecule has 5 nitrogen and oxygen atoms in total. The van der Waals surface area contributed by atoms with Gasteiger partial charge in [0, 0.05) is 5.41 Å². The Labute approximate surface area is 242 Å². The van der Waals surface area contributed by atoms with Crippen molar-refractivity contribution in [1.29, 1.82) is 0 Å². The molecule has 7 rings (SSSR count). The first kappa shape index (κ1) is 28.1. The lowest BCUT2D eigenvalue weighted by Crippen LogP contribution is -2.59. The summed E-state index contributed by atoms with van der Waals surface area (Å²) in [6, 6.07) is 0. The Balaban J connectivity index is 1.18. The average molecular weight is 557 g/mol. The molecule has 2 spiro atoms. The molecule has 1 saturated heterocycles. The van der Waals surface area contributed by atoms with E-state index in [-0.39, 0.29) is 58.5 Å². The largest absolute Gasteiger partial charge is 0.459 e. The van der Waals surface area contributed by atoms with Crippen LogP contribution in [0.3, 0.4) is 0 Å². The van der Waals surface area contributed by atoms with Gasteiger partial charge in [-0.1, -0.05) is 54.9 Å². The van der Waals surface area contributed by atoms with Gasteiger partial charge in [0.15, 0.2) is 0 Å². The number of fused-ring (bicyclic) bond motifs is 4. The lowest BCUT2D eigenvalue weighted by atomic mass is 9.41. The first-order chi connectivity index (χ1) is 18.7. The molecule has 6 aliphatic carbocycles. The zero-order valence-corrected chi connectivity index (χ0v) is 26.2. The molecule has 13 atom stereocenters. The summed E-state index contributed by atoms with van der Waals surface area (Å²) < 4.78 is 13.2. The SMILES string of the molecule is CC(C)[C@@H](OC(=O)C1CCC1)C1C[C@@H](C)[C@H]2C(O1)[C@H](O)[C@@]1(C)[C@@H]3CC[C@H]4C(C)(C)C(O)CC[C@@]45C[C@@]35CC[C@]21C. The molecule has 226 valence electrons. The summed E-state index contributed by atoms with van der Waals surface area (Å²) in [5, 5.41) is 23.4. The summed E-state index contributed by atoms with van der Waals surface area (Å²) in [7, 11) is 0. The van der Waals surface area contributed by atoms with E-state index in [0.29, 0.717) is 34.5 Å². The van der Waals surface area contributed by atoms with Crippen LogP contribution < -0.4 is 0 Å². The highest BCUT2D eigenvalue weighted by Gasteiger charge is 2.84. The summed E-state index contributed by atoms with van der Waals surface area (Å²) in [5.74, 6) is 2.04. The molecule has 0 amide bonds. The zero-order valence-electron chi connectivity index (χ0n) is 26.2. The van der Waals surface area contributed by atoms with Crippen LogP contribution in [0.25, 0.3) is 0 Å². The topological polar surface area (TPSA) is 76.0 Å². The predicted octanol–water partition coefficient (Wildman–Crippen LogP) is 6.53. The minimum atomic E-state index is -0.499. The number of carbonyl (C=O) groups is 1. The van der Waals surface area contributed by atoms with Gasteiger partial charge in [-0.25, -0.2) is 0 Å². The maximum absolute atomic E-state index is 12.9. The first-order valence-electron chi connectivity index (χ1n) is 17.0. The van der Waals surface area contributed by atoms with Crippen LogP contribution >= 0.6 is 0 Å². The molecule has 7 aliphatic rings. The number of esters is 1. The lowest BCUT2D eigenvalue weighted by Gasteiger charge is -2.63. The highest BCUT2D eigenvalue weighted by Crippen LogP contribution is 2.89. The van der Waals surface area contributed by atoms with Crippen LogP contribution in [0.5, 0.6) is 0 Å². The Morgan fingerprint density at radius 2 is 1.60 bits per heavy atom. The fourth-order valence-electron chi connectivity index (χ4n) is 13.1. The van der Waals surface area contributed by atoms with E-state index < -0.39 is 6.10 Å². The van der Waals surface area contributed by atoms with Crippen LogP contribution in [0.4, 0.5) is 0 Å². The van der Waals surface area contributed by atoms with Crippen molar-refractivity contribution in [3.63, 3.8) is 0 Å². The summed E-state index contributed by atoms with van der Waals surface area (Å²) in [4.78, 5) is 12.9. The van der Waals surface area contributed by atoms with Crippen molar-refractivity contribution in [2.45, 2.75) is 150 Å². The Bertz CT molecular complexity index is 1050. The number of rotatable bonds is 4. The van der Waals surface area contributed by atoms with Gasteiger partial charge >= 0.3 is 5.97 Å². The van der Waals surface area contributed by atoms with E-state index in [4.69, 9.17) is 9.47 Å². The monoisotopic (exact) mass is 556 g/mol. The minimum Gasteiger partial charge on any atom is -0.459 e. The molecule has 5 heteroatoms. The second kappa shape index (κ2) is 8.72. The molecule has 40 heavy (non-hydrogen) atoms. The summed E-state index contributed by atoms with van der Waals surface area (Å²) >= 11 is 0. The smallest absolute Gasteiger partial charge is 0.309 e. The normalized spacial score (nSPS) is 55.1. The number of aliphatic hydroxyl groups excluding tert-OH is 2. The number of hydrogen-bond donors (Lipinski definition) is 2. The van der Waals surface area contributed by atoms with Gasteiger partial charge in [-0.05, 0) is 115 Å². The van der Waals surface area contributed by atoms with Crippen molar-refractivity contribution < 1.29 is 24.5 Å². The van der Waals surface area contributed by atoms with Crippen molar-refractivity contribution in [2.75, 3.05) is 0 Å². The van der Waals surface area contributed by atoms with E-state index in [9.17, 15) is 15.0 Å². The minimum absolute atomic E-state index is 0.0235. The lowest BCUT2D eigenvalue weighted by molar-refractivity contribution is -0.200. The molecule has 0 radical (unpaired) electrons. The second-order valence-electron chi connectivity index (χ2n) is 17.3. The molecule has 1 heterocycles. The molecule has 0 aromatic rings. The Hall–Kier alpha value is -0.650. The van der Waals surface area contributed by atoms with Crippen LogP contribution in [0.15, 0.2) is 0 Å². The first-order valence-corrected chi connectivity index (χ1v) is 17.0.